The fourth-order valence-electron chi connectivity index (χ4n) is 2.87. The Morgan fingerprint density at radius 2 is 2.03 bits per heavy atom. The van der Waals surface area contributed by atoms with E-state index < -0.39 is 21.3 Å². The number of benzene rings is 1. The summed E-state index contributed by atoms with van der Waals surface area (Å²) in [6.45, 7) is 0.779. The number of ether oxygens (including phenoxy) is 2. The highest BCUT2D eigenvalue weighted by Crippen LogP contribution is 2.32. The summed E-state index contributed by atoms with van der Waals surface area (Å²) in [6, 6.07) is 6.34. The molecule has 164 valence electrons. The number of para-hydroxylation sites is 1. The lowest BCUT2D eigenvalue weighted by molar-refractivity contribution is -0.121. The molecule has 1 aromatic carbocycles. The molecule has 0 bridgehead atoms. The maximum absolute atomic E-state index is 12.5. The predicted octanol–water partition coefficient (Wildman–Crippen LogP) is 1.41. The Balaban J connectivity index is 1.76. The van der Waals surface area contributed by atoms with Gasteiger partial charge in [-0.05, 0) is 31.4 Å². The molecule has 1 unspecified atom stereocenters. The fourth-order valence-corrected chi connectivity index (χ4v) is 4.43. The minimum atomic E-state index is -3.53. The first kappa shape index (κ1) is 22.2. The van der Waals surface area contributed by atoms with Crippen molar-refractivity contribution in [2.75, 3.05) is 27.4 Å². The number of rotatable bonds is 12. The Labute approximate surface area is 175 Å². The number of hydrogen-bond donors (Lipinski definition) is 2. The van der Waals surface area contributed by atoms with E-state index in [-0.39, 0.29) is 30.5 Å². The van der Waals surface area contributed by atoms with Gasteiger partial charge in [0, 0.05) is 20.1 Å². The number of methoxy groups -OCH3 is 2. The van der Waals surface area contributed by atoms with Crippen LogP contribution in [-0.4, -0.2) is 57.1 Å². The summed E-state index contributed by atoms with van der Waals surface area (Å²) >= 11 is 0. The van der Waals surface area contributed by atoms with E-state index in [1.165, 1.54) is 7.11 Å². The van der Waals surface area contributed by atoms with Crippen LogP contribution in [0.3, 0.4) is 0 Å². The minimum absolute atomic E-state index is 0.0912. The molecule has 0 saturated heterocycles. The Kier molecular flexibility index (Phi) is 7.40. The zero-order valence-corrected chi connectivity index (χ0v) is 17.8. The number of carbonyl (C=O) groups excluding carboxylic acids is 1. The topological polar surface area (TPSA) is 133 Å². The van der Waals surface area contributed by atoms with Crippen LogP contribution < -0.4 is 14.8 Å². The van der Waals surface area contributed by atoms with Gasteiger partial charge in [0.05, 0.1) is 24.5 Å². The standard InChI is InChI=1S/C19H26N4O6S/c1-27-12-11-20-17(24)10-9-15(23-30(25,26)13-7-8-13)19-22-21-18(29-19)14-5-3-4-6-16(14)28-2/h3-6,13,15,23H,7-12H2,1-2H3,(H,20,24). The highest BCUT2D eigenvalue weighted by molar-refractivity contribution is 7.90. The van der Waals surface area contributed by atoms with Crippen molar-refractivity contribution < 1.29 is 27.1 Å². The molecule has 1 aromatic heterocycles. The highest BCUT2D eigenvalue weighted by Gasteiger charge is 2.38. The largest absolute Gasteiger partial charge is 0.496 e. The SMILES string of the molecule is COCCNC(=O)CCC(NS(=O)(=O)C1CC1)c1nnc(-c2ccccc2OC)o1. The number of amides is 1. The molecule has 2 N–H and O–H groups in total. The van der Waals surface area contributed by atoms with Gasteiger partial charge in [0.1, 0.15) is 11.8 Å². The second-order valence-electron chi connectivity index (χ2n) is 6.94. The van der Waals surface area contributed by atoms with Crippen LogP contribution in [0.15, 0.2) is 28.7 Å². The van der Waals surface area contributed by atoms with Crippen LogP contribution in [0.25, 0.3) is 11.5 Å². The molecular weight excluding hydrogens is 412 g/mol. The van der Waals surface area contributed by atoms with Crippen LogP contribution in [0, 0.1) is 0 Å². The molecule has 1 amide bonds. The lowest BCUT2D eigenvalue weighted by Crippen LogP contribution is -2.33. The molecular formula is C19H26N4O6S. The number of aromatic nitrogens is 2. The van der Waals surface area contributed by atoms with Gasteiger partial charge in [-0.15, -0.1) is 10.2 Å². The van der Waals surface area contributed by atoms with E-state index >= 15 is 0 Å². The van der Waals surface area contributed by atoms with Gasteiger partial charge < -0.3 is 19.2 Å². The van der Waals surface area contributed by atoms with Crippen molar-refractivity contribution in [3.63, 3.8) is 0 Å². The Bertz CT molecular complexity index is 957. The zero-order valence-electron chi connectivity index (χ0n) is 17.0. The number of nitrogens with one attached hydrogen (secondary N) is 2. The molecule has 2 aromatic rings. The average Bonchev–Trinajstić information content (AvgIpc) is 3.50. The van der Waals surface area contributed by atoms with E-state index in [0.29, 0.717) is 37.3 Å². The summed E-state index contributed by atoms with van der Waals surface area (Å²) in [4.78, 5) is 12.0. The number of carbonyl (C=O) groups is 1. The van der Waals surface area contributed by atoms with E-state index in [1.54, 1.807) is 25.3 Å². The van der Waals surface area contributed by atoms with Crippen LogP contribution >= 0.6 is 0 Å². The normalized spacial score (nSPS) is 15.0. The second-order valence-corrected chi connectivity index (χ2v) is 8.93. The summed E-state index contributed by atoms with van der Waals surface area (Å²) in [5.74, 6) is 0.653. The van der Waals surface area contributed by atoms with E-state index in [9.17, 15) is 13.2 Å². The van der Waals surface area contributed by atoms with E-state index in [2.05, 4.69) is 20.2 Å². The smallest absolute Gasteiger partial charge is 0.251 e. The van der Waals surface area contributed by atoms with Crippen LogP contribution in [0.4, 0.5) is 0 Å². The van der Waals surface area contributed by atoms with E-state index in [1.807, 2.05) is 6.07 Å². The molecule has 3 rings (SSSR count). The van der Waals surface area contributed by atoms with Crippen LogP contribution in [0.2, 0.25) is 0 Å². The predicted molar refractivity (Wildman–Crippen MR) is 108 cm³/mol. The van der Waals surface area contributed by atoms with Crippen LogP contribution in [0.5, 0.6) is 5.75 Å². The van der Waals surface area contributed by atoms with Crippen molar-refractivity contribution >= 4 is 15.9 Å². The summed E-state index contributed by atoms with van der Waals surface area (Å²) in [5.41, 5.74) is 0.597. The molecule has 1 fully saturated rings. The Morgan fingerprint density at radius 1 is 1.27 bits per heavy atom. The Morgan fingerprint density at radius 3 is 2.73 bits per heavy atom. The first-order valence-corrected chi connectivity index (χ1v) is 11.2. The molecule has 11 heteroatoms. The molecule has 1 saturated carbocycles. The lowest BCUT2D eigenvalue weighted by Gasteiger charge is -2.15. The third kappa shape index (κ3) is 5.77. The van der Waals surface area contributed by atoms with Crippen molar-refractivity contribution in [1.29, 1.82) is 0 Å². The molecule has 0 radical (unpaired) electrons. The molecule has 1 heterocycles. The van der Waals surface area contributed by atoms with Crippen molar-refractivity contribution in [1.82, 2.24) is 20.2 Å². The molecule has 0 spiro atoms. The van der Waals surface area contributed by atoms with Crippen molar-refractivity contribution in [3.8, 4) is 17.2 Å². The van der Waals surface area contributed by atoms with Crippen molar-refractivity contribution in [2.45, 2.75) is 37.0 Å². The number of nitrogens with zero attached hydrogens (tertiary/aromatic N) is 2. The first-order chi connectivity index (χ1) is 14.4. The van der Waals surface area contributed by atoms with Gasteiger partial charge in [-0.25, -0.2) is 13.1 Å². The van der Waals surface area contributed by atoms with Crippen LogP contribution in [-0.2, 0) is 19.6 Å². The Hall–Kier alpha value is -2.50. The van der Waals surface area contributed by atoms with E-state index in [0.717, 1.165) is 0 Å². The molecule has 1 atom stereocenters. The summed E-state index contributed by atoms with van der Waals surface area (Å²) in [6.07, 6.45) is 1.51. The lowest BCUT2D eigenvalue weighted by atomic mass is 10.1. The number of hydrogen-bond acceptors (Lipinski definition) is 8. The van der Waals surface area contributed by atoms with Gasteiger partial charge in [0.15, 0.2) is 0 Å². The third-order valence-corrected chi connectivity index (χ3v) is 6.60. The minimum Gasteiger partial charge on any atom is -0.496 e. The zero-order chi connectivity index (χ0) is 21.6. The fraction of sp³-hybridized carbons (Fsp3) is 0.526. The van der Waals surface area contributed by atoms with Gasteiger partial charge >= 0.3 is 0 Å². The van der Waals surface area contributed by atoms with Crippen molar-refractivity contribution in [2.24, 2.45) is 0 Å². The maximum Gasteiger partial charge on any atom is 0.251 e. The molecule has 0 aliphatic heterocycles. The van der Waals surface area contributed by atoms with Gasteiger partial charge in [-0.3, -0.25) is 4.79 Å². The molecule has 30 heavy (non-hydrogen) atoms. The van der Waals surface area contributed by atoms with Gasteiger partial charge in [0.2, 0.25) is 21.8 Å². The number of sulfonamides is 1. The highest BCUT2D eigenvalue weighted by atomic mass is 32.2. The second kappa shape index (κ2) is 10.0. The van der Waals surface area contributed by atoms with E-state index in [4.69, 9.17) is 13.9 Å². The van der Waals surface area contributed by atoms with Gasteiger partial charge in [0.25, 0.3) is 5.89 Å². The molecule has 10 nitrogen and oxygen atoms in total. The molecule has 1 aliphatic rings. The van der Waals surface area contributed by atoms with Crippen LogP contribution in [0.1, 0.15) is 37.6 Å². The quantitative estimate of drug-likeness (QED) is 0.475. The van der Waals surface area contributed by atoms with Gasteiger partial charge in [-0.1, -0.05) is 12.1 Å². The van der Waals surface area contributed by atoms with Crippen molar-refractivity contribution in [3.05, 3.63) is 30.2 Å². The van der Waals surface area contributed by atoms with Gasteiger partial charge in [-0.2, -0.15) is 0 Å². The maximum atomic E-state index is 12.5. The average molecular weight is 439 g/mol. The summed E-state index contributed by atoms with van der Waals surface area (Å²) in [7, 11) is -0.448. The summed E-state index contributed by atoms with van der Waals surface area (Å²) in [5, 5.41) is 10.4. The summed E-state index contributed by atoms with van der Waals surface area (Å²) < 4.78 is 43.6. The third-order valence-electron chi connectivity index (χ3n) is 4.63. The first-order valence-electron chi connectivity index (χ1n) is 9.68. The monoisotopic (exact) mass is 438 g/mol. The molecule has 1 aliphatic carbocycles.